The van der Waals surface area contributed by atoms with Crippen molar-refractivity contribution in [2.75, 3.05) is 20.2 Å². The molecule has 1 amide bonds. The van der Waals surface area contributed by atoms with E-state index in [0.29, 0.717) is 12.1 Å². The predicted octanol–water partition coefficient (Wildman–Crippen LogP) is 2.32. The van der Waals surface area contributed by atoms with Crippen molar-refractivity contribution >= 4 is 5.91 Å². The van der Waals surface area contributed by atoms with Crippen LogP contribution in [-0.2, 0) is 0 Å². The van der Waals surface area contributed by atoms with E-state index in [4.69, 9.17) is 10.5 Å². The van der Waals surface area contributed by atoms with Crippen molar-refractivity contribution in [1.29, 1.82) is 0 Å². The van der Waals surface area contributed by atoms with Crippen LogP contribution >= 0.6 is 0 Å². The largest absolute Gasteiger partial charge is 0.497 e. The number of methoxy groups -OCH3 is 1. The molecular weight excluding hydrogens is 290 g/mol. The van der Waals surface area contributed by atoms with Gasteiger partial charge in [0, 0.05) is 37.1 Å². The number of amides is 1. The third-order valence-corrected chi connectivity index (χ3v) is 4.32. The van der Waals surface area contributed by atoms with Gasteiger partial charge in [-0.3, -0.25) is 9.78 Å². The summed E-state index contributed by atoms with van der Waals surface area (Å²) in [5.41, 5.74) is 8.30. The molecule has 0 spiro atoms. The van der Waals surface area contributed by atoms with E-state index in [9.17, 15) is 4.79 Å². The van der Waals surface area contributed by atoms with Crippen molar-refractivity contribution in [3.8, 4) is 16.9 Å². The highest BCUT2D eigenvalue weighted by molar-refractivity contribution is 5.95. The van der Waals surface area contributed by atoms with Crippen LogP contribution in [0.1, 0.15) is 23.2 Å². The number of hydrogen-bond acceptors (Lipinski definition) is 4. The number of likely N-dealkylation sites (tertiary alicyclic amines) is 1. The molecule has 1 saturated heterocycles. The Balaban J connectivity index is 1.85. The highest BCUT2D eigenvalue weighted by Gasteiger charge is 2.28. The van der Waals surface area contributed by atoms with Gasteiger partial charge in [0.15, 0.2) is 0 Å². The Morgan fingerprint density at radius 1 is 1.30 bits per heavy atom. The molecule has 1 atom stereocenters. The second-order valence-electron chi connectivity index (χ2n) is 5.72. The summed E-state index contributed by atoms with van der Waals surface area (Å²) in [4.78, 5) is 18.8. The summed E-state index contributed by atoms with van der Waals surface area (Å²) < 4.78 is 5.17. The number of aromatic nitrogens is 1. The van der Waals surface area contributed by atoms with Gasteiger partial charge in [-0.1, -0.05) is 12.1 Å². The van der Waals surface area contributed by atoms with Gasteiger partial charge in [0.05, 0.1) is 12.7 Å². The highest BCUT2D eigenvalue weighted by Crippen LogP contribution is 2.24. The highest BCUT2D eigenvalue weighted by atomic mass is 16.5. The monoisotopic (exact) mass is 311 g/mol. The van der Waals surface area contributed by atoms with Crippen LogP contribution in [0.25, 0.3) is 11.1 Å². The van der Waals surface area contributed by atoms with Crippen LogP contribution in [0.4, 0.5) is 0 Å². The van der Waals surface area contributed by atoms with Gasteiger partial charge in [0.25, 0.3) is 5.91 Å². The van der Waals surface area contributed by atoms with Crippen LogP contribution < -0.4 is 10.5 Å². The van der Waals surface area contributed by atoms with Gasteiger partial charge in [-0.15, -0.1) is 0 Å². The molecule has 0 saturated carbocycles. The van der Waals surface area contributed by atoms with Crippen LogP contribution in [0.2, 0.25) is 0 Å². The molecule has 2 heterocycles. The molecule has 23 heavy (non-hydrogen) atoms. The van der Waals surface area contributed by atoms with E-state index in [1.165, 1.54) is 0 Å². The van der Waals surface area contributed by atoms with Gasteiger partial charge in [-0.05, 0) is 36.6 Å². The summed E-state index contributed by atoms with van der Waals surface area (Å²) in [6.45, 7) is 1.28. The average molecular weight is 311 g/mol. The zero-order chi connectivity index (χ0) is 16.2. The maximum Gasteiger partial charge on any atom is 0.255 e. The van der Waals surface area contributed by atoms with Gasteiger partial charge in [0.2, 0.25) is 0 Å². The molecule has 0 aliphatic carbocycles. The fourth-order valence-corrected chi connectivity index (χ4v) is 3.01. The minimum atomic E-state index is 0.0146. The van der Waals surface area contributed by atoms with Gasteiger partial charge in [0.1, 0.15) is 5.75 Å². The van der Waals surface area contributed by atoms with Crippen LogP contribution in [0.3, 0.4) is 0 Å². The number of benzene rings is 1. The zero-order valence-electron chi connectivity index (χ0n) is 13.2. The van der Waals surface area contributed by atoms with E-state index in [1.54, 1.807) is 19.5 Å². The molecule has 120 valence electrons. The first-order valence-electron chi connectivity index (χ1n) is 7.83. The average Bonchev–Trinajstić information content (AvgIpc) is 3.10. The lowest BCUT2D eigenvalue weighted by Crippen LogP contribution is -2.39. The van der Waals surface area contributed by atoms with Crippen LogP contribution in [-0.4, -0.2) is 42.0 Å². The first-order chi connectivity index (χ1) is 11.2. The maximum atomic E-state index is 12.7. The SMILES string of the molecule is COc1ccc(-c2cncc(C(=O)N3CCCC3CN)c2)cc1. The quantitative estimate of drug-likeness (QED) is 0.941. The van der Waals surface area contributed by atoms with Crippen molar-refractivity contribution < 1.29 is 9.53 Å². The number of rotatable bonds is 4. The Labute approximate surface area is 136 Å². The van der Waals surface area contributed by atoms with Crippen molar-refractivity contribution in [3.63, 3.8) is 0 Å². The maximum absolute atomic E-state index is 12.7. The van der Waals surface area contributed by atoms with E-state index >= 15 is 0 Å². The third kappa shape index (κ3) is 3.19. The van der Waals surface area contributed by atoms with Gasteiger partial charge >= 0.3 is 0 Å². The van der Waals surface area contributed by atoms with Gasteiger partial charge in [-0.2, -0.15) is 0 Å². The van der Waals surface area contributed by atoms with E-state index in [1.807, 2.05) is 35.2 Å². The molecule has 5 heteroatoms. The number of hydrogen-bond donors (Lipinski definition) is 1. The van der Waals surface area contributed by atoms with Gasteiger partial charge < -0.3 is 15.4 Å². The second-order valence-corrected chi connectivity index (χ2v) is 5.72. The molecule has 1 aliphatic heterocycles. The molecular formula is C18H21N3O2. The lowest BCUT2D eigenvalue weighted by atomic mass is 10.1. The zero-order valence-corrected chi connectivity index (χ0v) is 13.2. The van der Waals surface area contributed by atoms with Crippen molar-refractivity contribution in [3.05, 3.63) is 48.3 Å². The molecule has 1 aromatic carbocycles. The number of nitrogens with zero attached hydrogens (tertiary/aromatic N) is 2. The third-order valence-electron chi connectivity index (χ3n) is 4.32. The molecule has 0 radical (unpaired) electrons. The fourth-order valence-electron chi connectivity index (χ4n) is 3.01. The normalized spacial score (nSPS) is 17.3. The summed E-state index contributed by atoms with van der Waals surface area (Å²) in [6.07, 6.45) is 5.39. The molecule has 5 nitrogen and oxygen atoms in total. The molecule has 1 aliphatic rings. The Hall–Kier alpha value is -2.40. The first kappa shape index (κ1) is 15.5. The van der Waals surface area contributed by atoms with E-state index in [0.717, 1.165) is 36.3 Å². The Kier molecular flexibility index (Phi) is 4.57. The lowest BCUT2D eigenvalue weighted by molar-refractivity contribution is 0.0741. The molecule has 2 aromatic rings. The molecule has 1 unspecified atom stereocenters. The number of ether oxygens (including phenoxy) is 1. The second kappa shape index (κ2) is 6.79. The lowest BCUT2D eigenvalue weighted by Gasteiger charge is -2.23. The summed E-state index contributed by atoms with van der Waals surface area (Å²) in [5, 5.41) is 0. The summed E-state index contributed by atoms with van der Waals surface area (Å²) >= 11 is 0. The van der Waals surface area contributed by atoms with Gasteiger partial charge in [-0.25, -0.2) is 0 Å². The van der Waals surface area contributed by atoms with Crippen LogP contribution in [0, 0.1) is 0 Å². The summed E-state index contributed by atoms with van der Waals surface area (Å²) in [5.74, 6) is 0.817. The number of carbonyl (C=O) groups is 1. The first-order valence-corrected chi connectivity index (χ1v) is 7.83. The predicted molar refractivity (Wildman–Crippen MR) is 89.3 cm³/mol. The molecule has 3 rings (SSSR count). The number of carbonyl (C=O) groups excluding carboxylic acids is 1. The topological polar surface area (TPSA) is 68.5 Å². The van der Waals surface area contributed by atoms with Crippen LogP contribution in [0.15, 0.2) is 42.7 Å². The van der Waals surface area contributed by atoms with Crippen LogP contribution in [0.5, 0.6) is 5.75 Å². The van der Waals surface area contributed by atoms with E-state index < -0.39 is 0 Å². The van der Waals surface area contributed by atoms with Crippen molar-refractivity contribution in [1.82, 2.24) is 9.88 Å². The molecule has 1 fully saturated rings. The Morgan fingerprint density at radius 3 is 2.78 bits per heavy atom. The minimum Gasteiger partial charge on any atom is -0.497 e. The fraction of sp³-hybridized carbons (Fsp3) is 0.333. The minimum absolute atomic E-state index is 0.0146. The molecule has 2 N–H and O–H groups in total. The number of nitrogens with two attached hydrogens (primary N) is 1. The summed E-state index contributed by atoms with van der Waals surface area (Å²) in [7, 11) is 1.64. The standard InChI is InChI=1S/C18H21N3O2/c1-23-17-6-4-13(5-7-17)14-9-15(12-20-11-14)18(22)21-8-2-3-16(21)10-19/h4-7,9,11-12,16H,2-3,8,10,19H2,1H3. The van der Waals surface area contributed by atoms with E-state index in [-0.39, 0.29) is 11.9 Å². The van der Waals surface area contributed by atoms with Crippen molar-refractivity contribution in [2.24, 2.45) is 5.73 Å². The van der Waals surface area contributed by atoms with Crippen molar-refractivity contribution in [2.45, 2.75) is 18.9 Å². The summed E-state index contributed by atoms with van der Waals surface area (Å²) in [6, 6.07) is 9.75. The smallest absolute Gasteiger partial charge is 0.255 e. The Morgan fingerprint density at radius 2 is 2.09 bits per heavy atom. The van der Waals surface area contributed by atoms with E-state index in [2.05, 4.69) is 4.98 Å². The number of pyridine rings is 1. The molecule has 0 bridgehead atoms. The molecule has 1 aromatic heterocycles. The Bertz CT molecular complexity index is 685.